The standard InChI is InChI=1S/C30H29ClN4O6S/c1-20-28(29(37)35(32(20)2)23-11-5-4-6-12-23)33(3)42(39,40)24-13-14-26(31)25(17-24)30(38)41-19-27(36)34-16-15-21-9-7-8-10-22(21)18-34/h4-14,17H,15-16,18-19H2,1-3H3. The van der Waals surface area contributed by atoms with Gasteiger partial charge in [0.05, 0.1) is 26.9 Å². The van der Waals surface area contributed by atoms with E-state index in [1.807, 2.05) is 30.3 Å². The van der Waals surface area contributed by atoms with Gasteiger partial charge in [-0.3, -0.25) is 18.6 Å². The summed E-state index contributed by atoms with van der Waals surface area (Å²) in [5, 5.41) is -0.0386. The zero-order valence-corrected chi connectivity index (χ0v) is 24.9. The molecule has 0 radical (unpaired) electrons. The Morgan fingerprint density at radius 2 is 1.67 bits per heavy atom. The molecule has 0 aliphatic carbocycles. The molecule has 218 valence electrons. The van der Waals surface area contributed by atoms with Gasteiger partial charge in [-0.15, -0.1) is 0 Å². The normalized spacial score (nSPS) is 13.0. The number of ether oxygens (including phenoxy) is 1. The maximum atomic E-state index is 13.7. The number of halogens is 1. The molecule has 0 fully saturated rings. The number of carbonyl (C=O) groups is 2. The molecular weight excluding hydrogens is 580 g/mol. The van der Waals surface area contributed by atoms with E-state index in [1.165, 1.54) is 29.4 Å². The Kier molecular flexibility index (Phi) is 7.98. The molecule has 0 saturated heterocycles. The summed E-state index contributed by atoms with van der Waals surface area (Å²) in [6.45, 7) is 2.04. The van der Waals surface area contributed by atoms with E-state index >= 15 is 0 Å². The summed E-state index contributed by atoms with van der Waals surface area (Å²) >= 11 is 6.24. The summed E-state index contributed by atoms with van der Waals surface area (Å²) in [5.74, 6) is -1.31. The first kappa shape index (κ1) is 29.2. The van der Waals surface area contributed by atoms with Crippen LogP contribution in [0.1, 0.15) is 27.2 Å². The van der Waals surface area contributed by atoms with E-state index in [-0.39, 0.29) is 27.1 Å². The number of anilines is 1. The number of hydrogen-bond donors (Lipinski definition) is 0. The van der Waals surface area contributed by atoms with E-state index in [4.69, 9.17) is 16.3 Å². The number of aromatic nitrogens is 2. The lowest BCUT2D eigenvalue weighted by Gasteiger charge is -2.28. The van der Waals surface area contributed by atoms with Gasteiger partial charge in [0.25, 0.3) is 21.5 Å². The molecule has 0 N–H and O–H groups in total. The van der Waals surface area contributed by atoms with Crippen molar-refractivity contribution in [1.29, 1.82) is 0 Å². The van der Waals surface area contributed by atoms with Gasteiger partial charge >= 0.3 is 5.97 Å². The van der Waals surface area contributed by atoms with E-state index in [1.54, 1.807) is 47.8 Å². The second kappa shape index (κ2) is 11.5. The molecule has 10 nitrogen and oxygen atoms in total. The van der Waals surface area contributed by atoms with Gasteiger partial charge in [0, 0.05) is 27.2 Å². The summed E-state index contributed by atoms with van der Waals surface area (Å²) in [7, 11) is -1.37. The van der Waals surface area contributed by atoms with Crippen LogP contribution in [0.3, 0.4) is 0 Å². The van der Waals surface area contributed by atoms with Crippen molar-refractivity contribution in [3.63, 3.8) is 0 Å². The predicted molar refractivity (Wildman–Crippen MR) is 159 cm³/mol. The van der Waals surface area contributed by atoms with E-state index in [9.17, 15) is 22.8 Å². The molecule has 3 aromatic carbocycles. The van der Waals surface area contributed by atoms with Gasteiger partial charge in [0.1, 0.15) is 5.69 Å². The first-order valence-corrected chi connectivity index (χ1v) is 15.0. The summed E-state index contributed by atoms with van der Waals surface area (Å²) in [6.07, 6.45) is 0.701. The lowest BCUT2D eigenvalue weighted by atomic mass is 10.00. The number of fused-ring (bicyclic) bond motifs is 1. The van der Waals surface area contributed by atoms with Crippen LogP contribution in [0.15, 0.2) is 82.5 Å². The SMILES string of the molecule is Cc1c(N(C)S(=O)(=O)c2ccc(Cl)c(C(=O)OCC(=O)N3CCc4ccccc4C3)c2)c(=O)n(-c2ccccc2)n1C. The zero-order chi connectivity index (χ0) is 30.2. The van der Waals surface area contributed by atoms with Crippen molar-refractivity contribution >= 4 is 39.2 Å². The fourth-order valence-corrected chi connectivity index (χ4v) is 6.49. The lowest BCUT2D eigenvalue weighted by molar-refractivity contribution is -0.135. The second-order valence-corrected chi connectivity index (χ2v) is 12.3. The van der Waals surface area contributed by atoms with Gasteiger partial charge < -0.3 is 9.64 Å². The number of rotatable bonds is 7. The van der Waals surface area contributed by atoms with E-state index in [2.05, 4.69) is 0 Å². The number of benzene rings is 3. The van der Waals surface area contributed by atoms with Gasteiger partial charge in [-0.25, -0.2) is 17.9 Å². The molecular formula is C30H29ClN4O6S. The van der Waals surface area contributed by atoms with Crippen molar-refractivity contribution in [2.45, 2.75) is 24.8 Å². The van der Waals surface area contributed by atoms with Gasteiger partial charge in [-0.2, -0.15) is 0 Å². The zero-order valence-electron chi connectivity index (χ0n) is 23.3. The Hall–Kier alpha value is -4.35. The van der Waals surface area contributed by atoms with Crippen LogP contribution in [0.4, 0.5) is 5.69 Å². The molecule has 12 heteroatoms. The molecule has 5 rings (SSSR count). The monoisotopic (exact) mass is 608 g/mol. The van der Waals surface area contributed by atoms with Crippen molar-refractivity contribution in [2.75, 3.05) is 24.5 Å². The van der Waals surface area contributed by atoms with E-state index in [0.717, 1.165) is 15.9 Å². The molecule has 0 saturated carbocycles. The highest BCUT2D eigenvalue weighted by Gasteiger charge is 2.30. The molecule has 1 amide bonds. The molecule has 0 bridgehead atoms. The maximum Gasteiger partial charge on any atom is 0.340 e. The van der Waals surface area contributed by atoms with Gasteiger partial charge in [0.2, 0.25) is 0 Å². The smallest absolute Gasteiger partial charge is 0.340 e. The highest BCUT2D eigenvalue weighted by atomic mass is 35.5. The topological polar surface area (TPSA) is 111 Å². The van der Waals surface area contributed by atoms with E-state index in [0.29, 0.717) is 30.9 Å². The molecule has 0 atom stereocenters. The van der Waals surface area contributed by atoms with Crippen LogP contribution in [-0.2, 0) is 39.6 Å². The number of para-hydroxylation sites is 1. The number of carbonyl (C=O) groups excluding carboxylic acids is 2. The van der Waals surface area contributed by atoms with Crippen LogP contribution in [0.2, 0.25) is 5.02 Å². The number of hydrogen-bond acceptors (Lipinski definition) is 6. The van der Waals surface area contributed by atoms with Crippen molar-refractivity contribution < 1.29 is 22.7 Å². The third kappa shape index (κ3) is 5.33. The Balaban J connectivity index is 1.35. The van der Waals surface area contributed by atoms with Crippen LogP contribution < -0.4 is 9.86 Å². The van der Waals surface area contributed by atoms with Crippen LogP contribution in [-0.4, -0.2) is 54.8 Å². The maximum absolute atomic E-state index is 13.7. The molecule has 0 unspecified atom stereocenters. The van der Waals surface area contributed by atoms with E-state index < -0.39 is 28.2 Å². The van der Waals surface area contributed by atoms with Crippen LogP contribution >= 0.6 is 11.6 Å². The average Bonchev–Trinajstić information content (AvgIpc) is 3.22. The quantitative estimate of drug-likeness (QED) is 0.296. The number of nitrogens with zero attached hydrogens (tertiary/aromatic N) is 4. The summed E-state index contributed by atoms with van der Waals surface area (Å²) in [6, 6.07) is 20.3. The van der Waals surface area contributed by atoms with Gasteiger partial charge in [0.15, 0.2) is 6.61 Å². The molecule has 1 aliphatic rings. The van der Waals surface area contributed by atoms with Crippen LogP contribution in [0.25, 0.3) is 5.69 Å². The Morgan fingerprint density at radius 3 is 2.38 bits per heavy atom. The number of esters is 1. The lowest BCUT2D eigenvalue weighted by Crippen LogP contribution is -2.38. The van der Waals surface area contributed by atoms with Crippen molar-refractivity contribution in [1.82, 2.24) is 14.3 Å². The first-order valence-electron chi connectivity index (χ1n) is 13.1. The third-order valence-electron chi connectivity index (χ3n) is 7.46. The highest BCUT2D eigenvalue weighted by Crippen LogP contribution is 2.27. The fraction of sp³-hybridized carbons (Fsp3) is 0.233. The minimum Gasteiger partial charge on any atom is -0.452 e. The van der Waals surface area contributed by atoms with Gasteiger partial charge in [-0.05, 0) is 54.8 Å². The summed E-state index contributed by atoms with van der Waals surface area (Å²) < 4.78 is 36.4. The second-order valence-electron chi connectivity index (χ2n) is 9.93. The molecule has 2 heterocycles. The van der Waals surface area contributed by atoms with Crippen LogP contribution in [0, 0.1) is 6.92 Å². The molecule has 1 aliphatic heterocycles. The largest absolute Gasteiger partial charge is 0.452 e. The molecule has 0 spiro atoms. The molecule has 1 aromatic heterocycles. The van der Waals surface area contributed by atoms with Gasteiger partial charge in [-0.1, -0.05) is 54.1 Å². The Bertz CT molecular complexity index is 1850. The van der Waals surface area contributed by atoms with Crippen molar-refractivity contribution in [2.24, 2.45) is 7.05 Å². The Labute approximate surface area is 248 Å². The molecule has 42 heavy (non-hydrogen) atoms. The molecule has 4 aromatic rings. The van der Waals surface area contributed by atoms with Crippen LogP contribution in [0.5, 0.6) is 0 Å². The Morgan fingerprint density at radius 1 is 1.00 bits per heavy atom. The highest BCUT2D eigenvalue weighted by molar-refractivity contribution is 7.92. The minimum absolute atomic E-state index is 0.0386. The predicted octanol–water partition coefficient (Wildman–Crippen LogP) is 3.70. The summed E-state index contributed by atoms with van der Waals surface area (Å²) in [4.78, 5) is 40.5. The third-order valence-corrected chi connectivity index (χ3v) is 9.55. The minimum atomic E-state index is -4.31. The summed E-state index contributed by atoms with van der Waals surface area (Å²) in [5.41, 5.74) is 2.42. The average molecular weight is 609 g/mol. The number of sulfonamides is 1. The first-order chi connectivity index (χ1) is 20.0. The fourth-order valence-electron chi connectivity index (χ4n) is 5.02. The van der Waals surface area contributed by atoms with Crippen molar-refractivity contribution in [3.8, 4) is 5.69 Å². The van der Waals surface area contributed by atoms with Crippen molar-refractivity contribution in [3.05, 3.63) is 111 Å². The number of amides is 1.